The van der Waals surface area contributed by atoms with Crippen LogP contribution in [0.5, 0.6) is 0 Å². The molecule has 1 aromatic carbocycles. The van der Waals surface area contributed by atoms with E-state index in [0.717, 1.165) is 23.3 Å². The second-order valence-corrected chi connectivity index (χ2v) is 7.73. The summed E-state index contributed by atoms with van der Waals surface area (Å²) < 4.78 is 0. The lowest BCUT2D eigenvalue weighted by atomic mass is 9.98. The van der Waals surface area contributed by atoms with E-state index in [4.69, 9.17) is 0 Å². The van der Waals surface area contributed by atoms with Crippen LogP contribution in [0.2, 0.25) is 0 Å². The molecule has 1 aliphatic carbocycles. The van der Waals surface area contributed by atoms with Crippen molar-refractivity contribution in [3.63, 3.8) is 0 Å². The highest BCUT2D eigenvalue weighted by molar-refractivity contribution is 6.10. The Morgan fingerprint density at radius 2 is 1.59 bits per heavy atom. The first-order chi connectivity index (χ1) is 13.9. The molecule has 6 amide bonds. The highest BCUT2D eigenvalue weighted by Gasteiger charge is 2.52. The number of imide groups is 2. The van der Waals surface area contributed by atoms with Gasteiger partial charge < -0.3 is 10.6 Å². The molecule has 2 saturated heterocycles. The van der Waals surface area contributed by atoms with Crippen molar-refractivity contribution in [2.24, 2.45) is 0 Å². The number of hydrogen-bond acceptors (Lipinski definition) is 5. The summed E-state index contributed by atoms with van der Waals surface area (Å²) in [6, 6.07) is 6.22. The summed E-state index contributed by atoms with van der Waals surface area (Å²) in [5.41, 5.74) is 0.438. The van der Waals surface area contributed by atoms with Gasteiger partial charge in [0, 0.05) is 18.5 Å². The molecule has 0 atom stereocenters. The minimum Gasteiger partial charge on any atom is -0.325 e. The summed E-state index contributed by atoms with van der Waals surface area (Å²) in [4.78, 5) is 62.7. The van der Waals surface area contributed by atoms with Gasteiger partial charge in [0.15, 0.2) is 0 Å². The number of hydrogen-bond donors (Lipinski definition) is 2. The van der Waals surface area contributed by atoms with Gasteiger partial charge in [-0.1, -0.05) is 25.0 Å². The van der Waals surface area contributed by atoms with Crippen LogP contribution in [0.4, 0.5) is 10.5 Å². The molecular formula is C20H22N4O5. The van der Waals surface area contributed by atoms with Crippen molar-refractivity contribution >= 4 is 35.3 Å². The lowest BCUT2D eigenvalue weighted by molar-refractivity contribution is -0.139. The van der Waals surface area contributed by atoms with Gasteiger partial charge in [-0.25, -0.2) is 4.79 Å². The maximum Gasteiger partial charge on any atom is 0.325 e. The predicted molar refractivity (Wildman–Crippen MR) is 101 cm³/mol. The number of nitrogens with zero attached hydrogens (tertiary/aromatic N) is 2. The summed E-state index contributed by atoms with van der Waals surface area (Å²) in [5.74, 6) is -1.16. The largest absolute Gasteiger partial charge is 0.325 e. The maximum atomic E-state index is 12.6. The third kappa shape index (κ3) is 3.59. The molecule has 152 valence electrons. The van der Waals surface area contributed by atoms with Crippen molar-refractivity contribution in [3.05, 3.63) is 29.8 Å². The van der Waals surface area contributed by atoms with E-state index < -0.39 is 17.5 Å². The zero-order chi connectivity index (χ0) is 20.6. The van der Waals surface area contributed by atoms with Gasteiger partial charge in [0.2, 0.25) is 17.7 Å². The van der Waals surface area contributed by atoms with E-state index in [-0.39, 0.29) is 43.7 Å². The van der Waals surface area contributed by atoms with Crippen LogP contribution in [0.25, 0.3) is 0 Å². The highest BCUT2D eigenvalue weighted by atomic mass is 16.2. The van der Waals surface area contributed by atoms with Gasteiger partial charge in [0.05, 0.1) is 6.54 Å². The Balaban J connectivity index is 1.34. The molecule has 0 radical (unpaired) electrons. The van der Waals surface area contributed by atoms with Crippen LogP contribution in [0.15, 0.2) is 24.3 Å². The average molecular weight is 398 g/mol. The smallest absolute Gasteiger partial charge is 0.325 e. The predicted octanol–water partition coefficient (Wildman–Crippen LogP) is 1.14. The Morgan fingerprint density at radius 3 is 2.21 bits per heavy atom. The molecule has 3 aliphatic rings. The van der Waals surface area contributed by atoms with Crippen LogP contribution in [0.1, 0.15) is 44.1 Å². The van der Waals surface area contributed by atoms with Crippen LogP contribution < -0.4 is 10.6 Å². The third-order valence-corrected chi connectivity index (χ3v) is 5.74. The number of amides is 6. The summed E-state index contributed by atoms with van der Waals surface area (Å²) in [6.45, 7) is -0.138. The van der Waals surface area contributed by atoms with Crippen LogP contribution in [-0.4, -0.2) is 51.5 Å². The first-order valence-corrected chi connectivity index (χ1v) is 9.74. The van der Waals surface area contributed by atoms with Crippen molar-refractivity contribution < 1.29 is 24.0 Å². The van der Waals surface area contributed by atoms with Crippen molar-refractivity contribution in [3.8, 4) is 0 Å². The number of benzene rings is 1. The Morgan fingerprint density at radius 1 is 0.966 bits per heavy atom. The summed E-state index contributed by atoms with van der Waals surface area (Å²) in [6.07, 6.45) is 3.48. The van der Waals surface area contributed by atoms with Crippen LogP contribution >= 0.6 is 0 Å². The summed E-state index contributed by atoms with van der Waals surface area (Å²) >= 11 is 0. The zero-order valence-corrected chi connectivity index (χ0v) is 15.9. The molecule has 0 aromatic heterocycles. The molecule has 1 spiro atoms. The lowest BCUT2D eigenvalue weighted by Gasteiger charge is -2.19. The van der Waals surface area contributed by atoms with Crippen molar-refractivity contribution in [1.29, 1.82) is 0 Å². The minimum atomic E-state index is -0.830. The normalized spacial score (nSPS) is 20.7. The molecule has 2 aliphatic heterocycles. The molecule has 4 rings (SSSR count). The average Bonchev–Trinajstić information content (AvgIpc) is 3.35. The van der Waals surface area contributed by atoms with Gasteiger partial charge in [-0.2, -0.15) is 0 Å². The Labute approximate surface area is 167 Å². The zero-order valence-electron chi connectivity index (χ0n) is 15.9. The number of nitrogens with one attached hydrogen (secondary N) is 2. The first kappa shape index (κ1) is 19.1. The molecule has 2 N–H and O–H groups in total. The Hall–Kier alpha value is -3.23. The van der Waals surface area contributed by atoms with E-state index in [1.165, 1.54) is 4.90 Å². The molecular weight excluding hydrogens is 376 g/mol. The molecule has 2 heterocycles. The fourth-order valence-corrected chi connectivity index (χ4v) is 4.16. The molecule has 29 heavy (non-hydrogen) atoms. The molecule has 1 aromatic rings. The van der Waals surface area contributed by atoms with Crippen molar-refractivity contribution in [1.82, 2.24) is 15.1 Å². The van der Waals surface area contributed by atoms with Crippen molar-refractivity contribution in [2.75, 3.05) is 11.9 Å². The third-order valence-electron chi connectivity index (χ3n) is 5.74. The van der Waals surface area contributed by atoms with Crippen molar-refractivity contribution in [2.45, 2.75) is 50.6 Å². The number of rotatable bonds is 5. The number of anilines is 1. The van der Waals surface area contributed by atoms with Gasteiger partial charge in [0.25, 0.3) is 5.91 Å². The van der Waals surface area contributed by atoms with E-state index in [1.54, 1.807) is 24.3 Å². The van der Waals surface area contributed by atoms with Crippen LogP contribution in [0, 0.1) is 0 Å². The van der Waals surface area contributed by atoms with E-state index in [0.29, 0.717) is 18.5 Å². The van der Waals surface area contributed by atoms with Crippen LogP contribution in [0.3, 0.4) is 0 Å². The fourth-order valence-electron chi connectivity index (χ4n) is 4.16. The Bertz CT molecular complexity index is 873. The molecule has 9 heteroatoms. The van der Waals surface area contributed by atoms with E-state index in [2.05, 4.69) is 10.6 Å². The van der Waals surface area contributed by atoms with E-state index >= 15 is 0 Å². The number of carbonyl (C=O) groups excluding carboxylic acids is 5. The molecule has 3 fully saturated rings. The topological polar surface area (TPSA) is 116 Å². The molecule has 1 saturated carbocycles. The second-order valence-electron chi connectivity index (χ2n) is 7.73. The summed E-state index contributed by atoms with van der Waals surface area (Å²) in [5, 5.41) is 5.41. The number of likely N-dealkylation sites (tertiary alicyclic amines) is 1. The highest BCUT2D eigenvalue weighted by Crippen LogP contribution is 2.34. The monoisotopic (exact) mass is 398 g/mol. The van der Waals surface area contributed by atoms with Gasteiger partial charge in [-0.15, -0.1) is 0 Å². The van der Waals surface area contributed by atoms with E-state index in [9.17, 15) is 24.0 Å². The van der Waals surface area contributed by atoms with Gasteiger partial charge in [0.1, 0.15) is 12.1 Å². The first-order valence-electron chi connectivity index (χ1n) is 9.74. The quantitative estimate of drug-likeness (QED) is 0.570. The fraction of sp³-hybridized carbons (Fsp3) is 0.450. The summed E-state index contributed by atoms with van der Waals surface area (Å²) in [7, 11) is 0. The van der Waals surface area contributed by atoms with Gasteiger partial charge in [-0.05, 0) is 30.5 Å². The van der Waals surface area contributed by atoms with Crippen LogP contribution in [-0.2, 0) is 25.7 Å². The SMILES string of the molecule is O=C(CN1C(=O)NC2(CCCC2)C1=O)Nc1ccc(CN2C(=O)CCC2=O)cc1. The molecule has 0 unspecified atom stereocenters. The van der Waals surface area contributed by atoms with Gasteiger partial charge >= 0.3 is 6.03 Å². The second kappa shape index (κ2) is 7.31. The number of urea groups is 1. The Kier molecular flexibility index (Phi) is 4.81. The van der Waals surface area contributed by atoms with Gasteiger partial charge in [-0.3, -0.25) is 29.0 Å². The minimum absolute atomic E-state index is 0.180. The molecule has 9 nitrogen and oxygen atoms in total. The van der Waals surface area contributed by atoms with E-state index in [1.807, 2.05) is 0 Å². The maximum absolute atomic E-state index is 12.6. The standard InChI is InChI=1S/C20H22N4O5/c25-15(12-24-18(28)20(22-19(24)29)9-1-2-10-20)21-14-5-3-13(4-6-14)11-23-16(26)7-8-17(23)27/h3-6H,1-2,7-12H2,(H,21,25)(H,22,29). The molecule has 0 bridgehead atoms. The lowest BCUT2D eigenvalue weighted by Crippen LogP contribution is -2.44. The number of carbonyl (C=O) groups is 5.